The summed E-state index contributed by atoms with van der Waals surface area (Å²) in [5.74, 6) is -2.60. The number of nitriles is 1. The fourth-order valence-corrected chi connectivity index (χ4v) is 3.26. The Morgan fingerprint density at radius 1 is 1.31 bits per heavy atom. The van der Waals surface area contributed by atoms with Gasteiger partial charge in [0.15, 0.2) is 35.6 Å². The van der Waals surface area contributed by atoms with E-state index >= 15 is 0 Å². The third kappa shape index (κ3) is 6.12. The average Bonchev–Trinajstić information content (AvgIpc) is 3.12. The quantitative estimate of drug-likeness (QED) is 0.463. The SMILES string of the molecule is CCOc1cc(C(=O)CCC(=O)OCC(=O)[C@H](C#N)c2nc(C)cs2)ccc1O. The van der Waals surface area contributed by atoms with Crippen molar-refractivity contribution in [2.75, 3.05) is 13.2 Å². The second kappa shape index (κ2) is 10.3. The molecular weight excluding hydrogens is 396 g/mol. The average molecular weight is 416 g/mol. The summed E-state index contributed by atoms with van der Waals surface area (Å²) in [7, 11) is 0. The van der Waals surface area contributed by atoms with Crippen LogP contribution in [-0.4, -0.2) is 40.8 Å². The maximum Gasteiger partial charge on any atom is 0.306 e. The number of phenolic OH excluding ortho intramolecular Hbond substituents is 1. The van der Waals surface area contributed by atoms with E-state index in [0.717, 1.165) is 0 Å². The number of aromatic nitrogens is 1. The van der Waals surface area contributed by atoms with Crippen molar-refractivity contribution in [3.05, 3.63) is 39.8 Å². The Morgan fingerprint density at radius 2 is 2.07 bits per heavy atom. The van der Waals surface area contributed by atoms with E-state index in [9.17, 15) is 24.8 Å². The summed E-state index contributed by atoms with van der Waals surface area (Å²) >= 11 is 1.19. The van der Waals surface area contributed by atoms with E-state index in [1.165, 1.54) is 29.5 Å². The number of aryl methyl sites for hydroxylation is 1. The molecule has 0 aliphatic rings. The predicted octanol–water partition coefficient (Wildman–Crippen LogP) is 2.94. The van der Waals surface area contributed by atoms with Crippen molar-refractivity contribution < 1.29 is 29.0 Å². The van der Waals surface area contributed by atoms with Gasteiger partial charge in [0.25, 0.3) is 0 Å². The molecule has 0 saturated heterocycles. The molecule has 0 unspecified atom stereocenters. The molecule has 1 heterocycles. The molecule has 2 aromatic rings. The fourth-order valence-electron chi connectivity index (χ4n) is 2.40. The number of aromatic hydroxyl groups is 1. The van der Waals surface area contributed by atoms with Crippen molar-refractivity contribution in [2.24, 2.45) is 0 Å². The first-order chi connectivity index (χ1) is 13.8. The highest BCUT2D eigenvalue weighted by molar-refractivity contribution is 7.09. The number of esters is 1. The molecule has 29 heavy (non-hydrogen) atoms. The standard InChI is InChI=1S/C20H20N2O6S/c1-3-27-18-8-13(4-5-16(18)24)15(23)6-7-19(26)28-10-17(25)14(9-21)20-22-12(2)11-29-20/h4-5,8,11,14,24H,3,6-7,10H2,1-2H3/t14-/m0/s1. The second-order valence-corrected chi connectivity index (χ2v) is 6.94. The first kappa shape index (κ1) is 22.0. The Kier molecular flexibility index (Phi) is 7.86. The molecule has 9 heteroatoms. The summed E-state index contributed by atoms with van der Waals surface area (Å²) < 4.78 is 10.1. The molecule has 2 rings (SSSR count). The zero-order valence-corrected chi connectivity index (χ0v) is 16.8. The molecular formula is C20H20N2O6S. The molecule has 0 aliphatic heterocycles. The summed E-state index contributed by atoms with van der Waals surface area (Å²) in [6, 6.07) is 6.05. The Morgan fingerprint density at radius 3 is 2.69 bits per heavy atom. The summed E-state index contributed by atoms with van der Waals surface area (Å²) in [6.45, 7) is 3.27. The van der Waals surface area contributed by atoms with Crippen molar-refractivity contribution in [2.45, 2.75) is 32.6 Å². The van der Waals surface area contributed by atoms with Crippen molar-refractivity contribution in [1.82, 2.24) is 4.98 Å². The topological polar surface area (TPSA) is 127 Å². The lowest BCUT2D eigenvalue weighted by molar-refractivity contribution is -0.148. The van der Waals surface area contributed by atoms with Crippen LogP contribution in [0.4, 0.5) is 0 Å². The summed E-state index contributed by atoms with van der Waals surface area (Å²) in [5.41, 5.74) is 0.995. The number of carbonyl (C=O) groups is 3. The minimum Gasteiger partial charge on any atom is -0.504 e. The van der Waals surface area contributed by atoms with Gasteiger partial charge in [-0.2, -0.15) is 5.26 Å². The third-order valence-corrected chi connectivity index (χ3v) is 4.88. The maximum absolute atomic E-state index is 12.2. The largest absolute Gasteiger partial charge is 0.504 e. The number of hydrogen-bond acceptors (Lipinski definition) is 9. The normalized spacial score (nSPS) is 11.3. The number of ether oxygens (including phenoxy) is 2. The van der Waals surface area contributed by atoms with E-state index in [2.05, 4.69) is 4.98 Å². The van der Waals surface area contributed by atoms with Gasteiger partial charge in [0, 0.05) is 23.1 Å². The number of Topliss-reactive ketones (excluding diaryl/α,β-unsaturated/α-hetero) is 2. The first-order valence-corrected chi connectivity index (χ1v) is 9.72. The van der Waals surface area contributed by atoms with Crippen LogP contribution in [0.1, 0.15) is 46.7 Å². The lowest BCUT2D eigenvalue weighted by Crippen LogP contribution is -2.20. The number of benzene rings is 1. The van der Waals surface area contributed by atoms with Gasteiger partial charge in [-0.05, 0) is 32.0 Å². The molecule has 1 aromatic carbocycles. The zero-order chi connectivity index (χ0) is 21.4. The van der Waals surface area contributed by atoms with Gasteiger partial charge in [0.2, 0.25) is 0 Å². The molecule has 0 radical (unpaired) electrons. The van der Waals surface area contributed by atoms with Crippen molar-refractivity contribution in [1.29, 1.82) is 5.26 Å². The van der Waals surface area contributed by atoms with Gasteiger partial charge < -0.3 is 14.6 Å². The molecule has 0 bridgehead atoms. The summed E-state index contributed by atoms with van der Waals surface area (Å²) in [4.78, 5) is 40.4. The fraction of sp³-hybridized carbons (Fsp3) is 0.350. The Balaban J connectivity index is 1.85. The summed E-state index contributed by atoms with van der Waals surface area (Å²) in [5, 5.41) is 20.9. The van der Waals surface area contributed by atoms with E-state index in [4.69, 9.17) is 9.47 Å². The second-order valence-electron chi connectivity index (χ2n) is 6.05. The van der Waals surface area contributed by atoms with E-state index in [1.54, 1.807) is 19.2 Å². The molecule has 0 amide bonds. The zero-order valence-electron chi connectivity index (χ0n) is 16.0. The molecule has 1 N–H and O–H groups in total. The van der Waals surface area contributed by atoms with Gasteiger partial charge in [-0.25, -0.2) is 4.98 Å². The van der Waals surface area contributed by atoms with Crippen molar-refractivity contribution in [3.8, 4) is 17.6 Å². The van der Waals surface area contributed by atoms with Gasteiger partial charge in [-0.1, -0.05) is 0 Å². The van der Waals surface area contributed by atoms with E-state index in [1.807, 2.05) is 6.07 Å². The van der Waals surface area contributed by atoms with Gasteiger partial charge >= 0.3 is 5.97 Å². The highest BCUT2D eigenvalue weighted by Gasteiger charge is 2.24. The molecule has 0 aliphatic carbocycles. The maximum atomic E-state index is 12.2. The Labute approximate surface area is 171 Å². The molecule has 0 spiro atoms. The first-order valence-electron chi connectivity index (χ1n) is 8.84. The van der Waals surface area contributed by atoms with Crippen LogP contribution >= 0.6 is 11.3 Å². The van der Waals surface area contributed by atoms with Crippen LogP contribution in [0.2, 0.25) is 0 Å². The van der Waals surface area contributed by atoms with E-state index in [0.29, 0.717) is 22.9 Å². The van der Waals surface area contributed by atoms with Crippen LogP contribution in [0.25, 0.3) is 0 Å². The molecule has 0 fully saturated rings. The lowest BCUT2D eigenvalue weighted by atomic mass is 10.1. The van der Waals surface area contributed by atoms with Crippen LogP contribution in [0.15, 0.2) is 23.6 Å². The molecule has 152 valence electrons. The molecule has 1 aromatic heterocycles. The van der Waals surface area contributed by atoms with Crippen molar-refractivity contribution in [3.63, 3.8) is 0 Å². The minimum atomic E-state index is -1.09. The smallest absolute Gasteiger partial charge is 0.306 e. The van der Waals surface area contributed by atoms with Crippen LogP contribution in [-0.2, 0) is 14.3 Å². The van der Waals surface area contributed by atoms with Gasteiger partial charge in [-0.3, -0.25) is 14.4 Å². The molecule has 1 atom stereocenters. The number of carbonyl (C=O) groups excluding carboxylic acids is 3. The third-order valence-electron chi connectivity index (χ3n) is 3.85. The molecule has 8 nitrogen and oxygen atoms in total. The van der Waals surface area contributed by atoms with Crippen LogP contribution in [0.3, 0.4) is 0 Å². The van der Waals surface area contributed by atoms with Gasteiger partial charge in [0.05, 0.1) is 19.1 Å². The van der Waals surface area contributed by atoms with Crippen LogP contribution in [0, 0.1) is 18.3 Å². The summed E-state index contributed by atoms with van der Waals surface area (Å²) in [6.07, 6.45) is -0.346. The number of thiazole rings is 1. The predicted molar refractivity (Wildman–Crippen MR) is 104 cm³/mol. The number of phenols is 1. The van der Waals surface area contributed by atoms with Gasteiger partial charge in [0.1, 0.15) is 5.01 Å². The Bertz CT molecular complexity index is 947. The number of ketones is 2. The number of rotatable bonds is 10. The van der Waals surface area contributed by atoms with E-state index < -0.39 is 24.3 Å². The van der Waals surface area contributed by atoms with Crippen LogP contribution < -0.4 is 4.74 Å². The number of hydrogen-bond donors (Lipinski definition) is 1. The minimum absolute atomic E-state index is 0.0798. The van der Waals surface area contributed by atoms with Gasteiger partial charge in [-0.15, -0.1) is 11.3 Å². The lowest BCUT2D eigenvalue weighted by Gasteiger charge is -2.08. The Hall–Kier alpha value is -3.25. The van der Waals surface area contributed by atoms with E-state index in [-0.39, 0.29) is 30.1 Å². The van der Waals surface area contributed by atoms with Crippen molar-refractivity contribution >= 4 is 28.9 Å². The molecule has 0 saturated carbocycles. The number of nitrogens with zero attached hydrogens (tertiary/aromatic N) is 2. The highest BCUT2D eigenvalue weighted by atomic mass is 32.1. The monoisotopic (exact) mass is 416 g/mol. The van der Waals surface area contributed by atoms with Crippen LogP contribution in [0.5, 0.6) is 11.5 Å². The highest BCUT2D eigenvalue weighted by Crippen LogP contribution is 2.27.